The molecule has 3 rings (SSSR count). The van der Waals surface area contributed by atoms with Crippen molar-refractivity contribution in [1.29, 1.82) is 0 Å². The van der Waals surface area contributed by atoms with Gasteiger partial charge in [0.05, 0.1) is 9.79 Å². The fourth-order valence-electron chi connectivity index (χ4n) is 2.67. The Morgan fingerprint density at radius 3 is 1.71 bits per heavy atom. The summed E-state index contributed by atoms with van der Waals surface area (Å²) in [4.78, 5) is 12.3. The number of hydrogen-bond donors (Lipinski definition) is 0. The van der Waals surface area contributed by atoms with Crippen LogP contribution in [-0.4, -0.2) is 20.8 Å². The number of ketones is 1. The SMILES string of the molecule is CC(C)(C)C(=O)COc1ccc(S(=O)(=O)c2ccc(OCc3ccccc3)cc2)cc1. The van der Waals surface area contributed by atoms with Gasteiger partial charge in [0.2, 0.25) is 9.84 Å². The van der Waals surface area contributed by atoms with Gasteiger partial charge in [-0.05, 0) is 54.1 Å². The summed E-state index contributed by atoms with van der Waals surface area (Å²) in [5.41, 5.74) is 0.547. The van der Waals surface area contributed by atoms with Crippen molar-refractivity contribution in [3.8, 4) is 11.5 Å². The number of benzene rings is 3. The highest BCUT2D eigenvalue weighted by Gasteiger charge is 2.22. The van der Waals surface area contributed by atoms with Crippen molar-refractivity contribution in [1.82, 2.24) is 0 Å². The van der Waals surface area contributed by atoms with E-state index in [9.17, 15) is 13.2 Å². The Morgan fingerprint density at radius 2 is 1.23 bits per heavy atom. The summed E-state index contributed by atoms with van der Waals surface area (Å²) < 4.78 is 37.0. The maximum Gasteiger partial charge on any atom is 0.206 e. The molecule has 0 atom stereocenters. The zero-order valence-electron chi connectivity index (χ0n) is 17.9. The van der Waals surface area contributed by atoms with Gasteiger partial charge in [-0.15, -0.1) is 0 Å². The van der Waals surface area contributed by atoms with Crippen LogP contribution in [0.2, 0.25) is 0 Å². The molecule has 3 aromatic carbocycles. The number of Topliss-reactive ketones (excluding diaryl/α,β-unsaturated/α-hetero) is 1. The molecule has 31 heavy (non-hydrogen) atoms. The van der Waals surface area contributed by atoms with Crippen molar-refractivity contribution in [3.05, 3.63) is 84.4 Å². The first-order chi connectivity index (χ1) is 14.7. The molecule has 0 unspecified atom stereocenters. The van der Waals surface area contributed by atoms with Gasteiger partial charge in [-0.3, -0.25) is 4.79 Å². The number of hydrogen-bond acceptors (Lipinski definition) is 5. The minimum Gasteiger partial charge on any atom is -0.489 e. The first kappa shape index (κ1) is 22.6. The van der Waals surface area contributed by atoms with E-state index in [0.29, 0.717) is 18.1 Å². The summed E-state index contributed by atoms with van der Waals surface area (Å²) in [6, 6.07) is 22.2. The molecule has 0 saturated heterocycles. The van der Waals surface area contributed by atoms with E-state index in [1.54, 1.807) is 24.3 Å². The van der Waals surface area contributed by atoms with Crippen LogP contribution in [0.1, 0.15) is 26.3 Å². The van der Waals surface area contributed by atoms with E-state index in [1.807, 2.05) is 51.1 Å². The van der Waals surface area contributed by atoms with E-state index in [1.165, 1.54) is 24.3 Å². The molecule has 3 aromatic rings. The number of carbonyl (C=O) groups is 1. The van der Waals surface area contributed by atoms with Gasteiger partial charge in [0, 0.05) is 5.41 Å². The van der Waals surface area contributed by atoms with Gasteiger partial charge in [0.1, 0.15) is 24.7 Å². The monoisotopic (exact) mass is 438 g/mol. The average molecular weight is 439 g/mol. The highest BCUT2D eigenvalue weighted by atomic mass is 32.2. The Balaban J connectivity index is 1.64. The minimum absolute atomic E-state index is 0.0289. The molecule has 0 N–H and O–H groups in total. The van der Waals surface area contributed by atoms with Crippen molar-refractivity contribution in [3.63, 3.8) is 0 Å². The smallest absolute Gasteiger partial charge is 0.206 e. The predicted octanol–water partition coefficient (Wildman–Crippen LogP) is 5.09. The maximum absolute atomic E-state index is 12.9. The summed E-state index contributed by atoms with van der Waals surface area (Å²) in [5.74, 6) is 1.01. The normalized spacial score (nSPS) is 11.7. The fraction of sp³-hybridized carbons (Fsp3) is 0.240. The lowest BCUT2D eigenvalue weighted by Crippen LogP contribution is -2.26. The third-order valence-corrected chi connectivity index (χ3v) is 6.51. The van der Waals surface area contributed by atoms with Crippen molar-refractivity contribution in [2.24, 2.45) is 5.41 Å². The number of sulfone groups is 1. The summed E-state index contributed by atoms with van der Waals surface area (Å²) >= 11 is 0. The molecule has 0 radical (unpaired) electrons. The maximum atomic E-state index is 12.9. The fourth-order valence-corrected chi connectivity index (χ4v) is 3.93. The van der Waals surface area contributed by atoms with Crippen LogP contribution in [0.25, 0.3) is 0 Å². The van der Waals surface area contributed by atoms with Gasteiger partial charge in [-0.2, -0.15) is 0 Å². The molecule has 6 heteroatoms. The summed E-state index contributed by atoms with van der Waals surface area (Å²) in [5, 5.41) is 0. The summed E-state index contributed by atoms with van der Waals surface area (Å²) in [6.45, 7) is 5.83. The average Bonchev–Trinajstić information content (AvgIpc) is 2.76. The van der Waals surface area contributed by atoms with E-state index in [4.69, 9.17) is 9.47 Å². The number of ether oxygens (including phenoxy) is 2. The Hall–Kier alpha value is -3.12. The number of carbonyl (C=O) groups excluding carboxylic acids is 1. The molecular weight excluding hydrogens is 412 g/mol. The van der Waals surface area contributed by atoms with E-state index in [2.05, 4.69) is 0 Å². The quantitative estimate of drug-likeness (QED) is 0.490. The van der Waals surface area contributed by atoms with Crippen LogP contribution < -0.4 is 9.47 Å². The molecule has 0 aliphatic rings. The van der Waals surface area contributed by atoms with E-state index in [0.717, 1.165) is 5.56 Å². The summed E-state index contributed by atoms with van der Waals surface area (Å²) in [6.07, 6.45) is 0. The third-order valence-electron chi connectivity index (χ3n) is 4.72. The molecule has 0 saturated carbocycles. The first-order valence-corrected chi connectivity index (χ1v) is 11.4. The molecule has 0 aliphatic heterocycles. The van der Waals surface area contributed by atoms with Crippen LogP contribution in [-0.2, 0) is 21.2 Å². The summed E-state index contributed by atoms with van der Waals surface area (Å²) in [7, 11) is -3.67. The molecule has 0 heterocycles. The molecule has 0 aromatic heterocycles. The molecule has 162 valence electrons. The van der Waals surface area contributed by atoms with Gasteiger partial charge < -0.3 is 9.47 Å². The molecule has 0 spiro atoms. The van der Waals surface area contributed by atoms with Crippen molar-refractivity contribution < 1.29 is 22.7 Å². The third kappa shape index (κ3) is 5.95. The molecular formula is C25H26O5S. The topological polar surface area (TPSA) is 69.7 Å². The Bertz CT molecular complexity index is 1110. The second-order valence-electron chi connectivity index (χ2n) is 8.18. The van der Waals surface area contributed by atoms with Crippen LogP contribution in [0.3, 0.4) is 0 Å². The lowest BCUT2D eigenvalue weighted by molar-refractivity contribution is -0.128. The second kappa shape index (κ2) is 9.35. The van der Waals surface area contributed by atoms with E-state index in [-0.39, 0.29) is 22.2 Å². The van der Waals surface area contributed by atoms with Crippen LogP contribution in [0.15, 0.2) is 88.7 Å². The Morgan fingerprint density at radius 1 is 0.742 bits per heavy atom. The second-order valence-corrected chi connectivity index (χ2v) is 10.1. The van der Waals surface area contributed by atoms with Gasteiger partial charge in [-0.1, -0.05) is 51.1 Å². The zero-order valence-corrected chi connectivity index (χ0v) is 18.7. The molecule has 0 fully saturated rings. The van der Waals surface area contributed by atoms with Crippen LogP contribution >= 0.6 is 0 Å². The van der Waals surface area contributed by atoms with E-state index < -0.39 is 15.3 Å². The van der Waals surface area contributed by atoms with Gasteiger partial charge in [0.25, 0.3) is 0 Å². The van der Waals surface area contributed by atoms with E-state index >= 15 is 0 Å². The van der Waals surface area contributed by atoms with Crippen LogP contribution in [0.4, 0.5) is 0 Å². The highest BCUT2D eigenvalue weighted by Crippen LogP contribution is 2.25. The van der Waals surface area contributed by atoms with Crippen LogP contribution in [0, 0.1) is 5.41 Å². The lowest BCUT2D eigenvalue weighted by Gasteiger charge is -2.16. The van der Waals surface area contributed by atoms with Crippen molar-refractivity contribution >= 4 is 15.6 Å². The van der Waals surface area contributed by atoms with Gasteiger partial charge >= 0.3 is 0 Å². The van der Waals surface area contributed by atoms with Crippen LogP contribution in [0.5, 0.6) is 11.5 Å². The highest BCUT2D eigenvalue weighted by molar-refractivity contribution is 7.91. The molecule has 0 aliphatic carbocycles. The molecule has 0 amide bonds. The Labute approximate surface area is 183 Å². The van der Waals surface area contributed by atoms with Gasteiger partial charge in [0.15, 0.2) is 5.78 Å². The number of rotatable bonds is 8. The zero-order chi connectivity index (χ0) is 22.5. The molecule has 5 nitrogen and oxygen atoms in total. The predicted molar refractivity (Wildman–Crippen MR) is 119 cm³/mol. The minimum atomic E-state index is -3.67. The molecule has 0 bridgehead atoms. The van der Waals surface area contributed by atoms with Crippen molar-refractivity contribution in [2.45, 2.75) is 37.2 Å². The van der Waals surface area contributed by atoms with Crippen molar-refractivity contribution in [2.75, 3.05) is 6.61 Å². The van der Waals surface area contributed by atoms with Gasteiger partial charge in [-0.25, -0.2) is 8.42 Å². The Kier molecular flexibility index (Phi) is 6.81. The first-order valence-electron chi connectivity index (χ1n) is 9.94. The lowest BCUT2D eigenvalue weighted by atomic mass is 9.91. The standard InChI is InChI=1S/C25H26O5S/c1-25(2,3)24(26)18-30-21-11-15-23(16-12-21)31(27,28)22-13-9-20(10-14-22)29-17-19-7-5-4-6-8-19/h4-16H,17-18H2,1-3H3. The largest absolute Gasteiger partial charge is 0.489 e.